The van der Waals surface area contributed by atoms with E-state index in [0.29, 0.717) is 6.04 Å². The Kier molecular flexibility index (Phi) is 3.26. The first-order valence-corrected chi connectivity index (χ1v) is 5.69. The summed E-state index contributed by atoms with van der Waals surface area (Å²) in [6.07, 6.45) is 5.61. The zero-order valence-corrected chi connectivity index (χ0v) is 9.49. The predicted octanol–water partition coefficient (Wildman–Crippen LogP) is 1.77. The van der Waals surface area contributed by atoms with Crippen LogP contribution in [0.25, 0.3) is 0 Å². The van der Waals surface area contributed by atoms with Gasteiger partial charge in [-0.25, -0.2) is 0 Å². The molecular formula is C11H19N3O. The molecule has 1 aliphatic carbocycles. The van der Waals surface area contributed by atoms with E-state index in [0.717, 1.165) is 24.8 Å². The molecule has 1 fully saturated rings. The second-order valence-corrected chi connectivity index (χ2v) is 4.10. The number of oxazole rings is 1. The summed E-state index contributed by atoms with van der Waals surface area (Å²) in [4.78, 5) is 6.60. The number of anilines is 1. The van der Waals surface area contributed by atoms with Crippen molar-refractivity contribution in [1.29, 1.82) is 0 Å². The SMILES string of the molecule is CCNCc1coc(N(C)C2CCC2)n1. The number of nitrogens with zero attached hydrogens (tertiary/aromatic N) is 2. The normalized spacial score (nSPS) is 16.4. The molecule has 0 unspecified atom stereocenters. The molecule has 0 saturated heterocycles. The van der Waals surface area contributed by atoms with Crippen molar-refractivity contribution < 1.29 is 4.42 Å². The third-order valence-electron chi connectivity index (χ3n) is 3.02. The first-order valence-electron chi connectivity index (χ1n) is 5.69. The molecule has 0 radical (unpaired) electrons. The van der Waals surface area contributed by atoms with Crippen molar-refractivity contribution in [1.82, 2.24) is 10.3 Å². The molecule has 1 heterocycles. The largest absolute Gasteiger partial charge is 0.432 e. The van der Waals surface area contributed by atoms with E-state index in [1.165, 1.54) is 19.3 Å². The monoisotopic (exact) mass is 209 g/mol. The highest BCUT2D eigenvalue weighted by Gasteiger charge is 2.24. The van der Waals surface area contributed by atoms with Gasteiger partial charge in [-0.1, -0.05) is 6.92 Å². The van der Waals surface area contributed by atoms with Crippen molar-refractivity contribution in [2.45, 2.75) is 38.8 Å². The highest BCUT2D eigenvalue weighted by atomic mass is 16.4. The van der Waals surface area contributed by atoms with Crippen LogP contribution in [0, 0.1) is 0 Å². The van der Waals surface area contributed by atoms with Crippen LogP contribution >= 0.6 is 0 Å². The number of aromatic nitrogens is 1. The van der Waals surface area contributed by atoms with Crippen LogP contribution in [0.4, 0.5) is 6.01 Å². The Morgan fingerprint density at radius 1 is 1.60 bits per heavy atom. The molecule has 84 valence electrons. The number of hydrogen-bond donors (Lipinski definition) is 1. The van der Waals surface area contributed by atoms with Gasteiger partial charge in [-0.2, -0.15) is 4.98 Å². The molecular weight excluding hydrogens is 190 g/mol. The molecule has 0 amide bonds. The molecule has 4 nitrogen and oxygen atoms in total. The minimum absolute atomic E-state index is 0.635. The summed E-state index contributed by atoms with van der Waals surface area (Å²) in [5.41, 5.74) is 0.984. The maximum atomic E-state index is 5.46. The molecule has 0 aromatic carbocycles. The van der Waals surface area contributed by atoms with Crippen LogP contribution in [0.5, 0.6) is 0 Å². The minimum Gasteiger partial charge on any atom is -0.432 e. The van der Waals surface area contributed by atoms with Crippen LogP contribution < -0.4 is 10.2 Å². The lowest BCUT2D eigenvalue weighted by Crippen LogP contribution is -2.37. The molecule has 0 aliphatic heterocycles. The lowest BCUT2D eigenvalue weighted by Gasteiger charge is -2.33. The fourth-order valence-corrected chi connectivity index (χ4v) is 1.72. The maximum absolute atomic E-state index is 5.46. The summed E-state index contributed by atoms with van der Waals surface area (Å²) < 4.78 is 5.46. The first-order chi connectivity index (χ1) is 7.31. The second-order valence-electron chi connectivity index (χ2n) is 4.10. The lowest BCUT2D eigenvalue weighted by atomic mass is 9.92. The Hall–Kier alpha value is -1.03. The van der Waals surface area contributed by atoms with Gasteiger partial charge in [0.15, 0.2) is 0 Å². The minimum atomic E-state index is 0.635. The smallest absolute Gasteiger partial charge is 0.297 e. The maximum Gasteiger partial charge on any atom is 0.297 e. The van der Waals surface area contributed by atoms with E-state index in [1.54, 1.807) is 6.26 Å². The van der Waals surface area contributed by atoms with Crippen molar-refractivity contribution in [3.05, 3.63) is 12.0 Å². The third-order valence-corrected chi connectivity index (χ3v) is 3.02. The van der Waals surface area contributed by atoms with Crippen molar-refractivity contribution in [3.63, 3.8) is 0 Å². The molecule has 0 atom stereocenters. The van der Waals surface area contributed by atoms with Gasteiger partial charge in [0.2, 0.25) is 0 Å². The van der Waals surface area contributed by atoms with E-state index in [2.05, 4.69) is 29.2 Å². The van der Waals surface area contributed by atoms with E-state index in [9.17, 15) is 0 Å². The van der Waals surface area contributed by atoms with Gasteiger partial charge in [-0.05, 0) is 25.8 Å². The van der Waals surface area contributed by atoms with Gasteiger partial charge < -0.3 is 14.6 Å². The number of hydrogen-bond acceptors (Lipinski definition) is 4. The second kappa shape index (κ2) is 4.66. The number of nitrogens with one attached hydrogen (secondary N) is 1. The molecule has 1 saturated carbocycles. The van der Waals surface area contributed by atoms with Crippen LogP contribution in [0.3, 0.4) is 0 Å². The van der Waals surface area contributed by atoms with Gasteiger partial charge >= 0.3 is 0 Å². The highest BCUT2D eigenvalue weighted by Crippen LogP contribution is 2.27. The topological polar surface area (TPSA) is 41.3 Å². The summed E-state index contributed by atoms with van der Waals surface area (Å²) in [5.74, 6) is 0. The molecule has 1 aromatic heterocycles. The molecule has 1 N–H and O–H groups in total. The summed E-state index contributed by atoms with van der Waals surface area (Å²) in [6, 6.07) is 1.39. The molecule has 1 aromatic rings. The number of rotatable bonds is 5. The zero-order chi connectivity index (χ0) is 10.7. The Bertz CT molecular complexity index is 307. The summed E-state index contributed by atoms with van der Waals surface area (Å²) in [6.45, 7) is 3.83. The predicted molar refractivity (Wildman–Crippen MR) is 59.9 cm³/mol. The Morgan fingerprint density at radius 3 is 3.00 bits per heavy atom. The molecule has 0 spiro atoms. The van der Waals surface area contributed by atoms with Crippen LogP contribution in [0.2, 0.25) is 0 Å². The summed E-state index contributed by atoms with van der Waals surface area (Å²) in [7, 11) is 2.06. The molecule has 15 heavy (non-hydrogen) atoms. The van der Waals surface area contributed by atoms with Crippen LogP contribution in [0.15, 0.2) is 10.7 Å². The van der Waals surface area contributed by atoms with E-state index >= 15 is 0 Å². The van der Waals surface area contributed by atoms with Crippen LogP contribution in [-0.2, 0) is 6.54 Å². The Balaban J connectivity index is 1.93. The zero-order valence-electron chi connectivity index (χ0n) is 9.49. The van der Waals surface area contributed by atoms with E-state index in [-0.39, 0.29) is 0 Å². The Labute approximate surface area is 90.7 Å². The lowest BCUT2D eigenvalue weighted by molar-refractivity contribution is 0.379. The quantitative estimate of drug-likeness (QED) is 0.802. The average Bonchev–Trinajstić information content (AvgIpc) is 2.60. The van der Waals surface area contributed by atoms with Gasteiger partial charge in [0.1, 0.15) is 6.26 Å². The molecule has 4 heteroatoms. The molecule has 2 rings (SSSR count). The van der Waals surface area contributed by atoms with E-state index in [4.69, 9.17) is 4.42 Å². The summed E-state index contributed by atoms with van der Waals surface area (Å²) in [5, 5.41) is 3.23. The fraction of sp³-hybridized carbons (Fsp3) is 0.727. The average molecular weight is 209 g/mol. The van der Waals surface area contributed by atoms with E-state index in [1.807, 2.05) is 0 Å². The van der Waals surface area contributed by atoms with Crippen molar-refractivity contribution in [2.75, 3.05) is 18.5 Å². The Morgan fingerprint density at radius 2 is 2.40 bits per heavy atom. The fourth-order valence-electron chi connectivity index (χ4n) is 1.72. The van der Waals surface area contributed by atoms with Gasteiger partial charge in [0.25, 0.3) is 6.01 Å². The summed E-state index contributed by atoms with van der Waals surface area (Å²) >= 11 is 0. The standard InChI is InChI=1S/C11H19N3O/c1-3-12-7-9-8-15-11(13-9)14(2)10-5-4-6-10/h8,10,12H,3-7H2,1-2H3. The van der Waals surface area contributed by atoms with Crippen molar-refractivity contribution >= 4 is 6.01 Å². The van der Waals surface area contributed by atoms with Gasteiger partial charge in [-0.3, -0.25) is 0 Å². The van der Waals surface area contributed by atoms with E-state index < -0.39 is 0 Å². The van der Waals surface area contributed by atoms with Crippen LogP contribution in [-0.4, -0.2) is 24.6 Å². The van der Waals surface area contributed by atoms with Crippen LogP contribution in [0.1, 0.15) is 31.9 Å². The van der Waals surface area contributed by atoms with Gasteiger partial charge in [0, 0.05) is 19.6 Å². The van der Waals surface area contributed by atoms with Gasteiger partial charge in [-0.15, -0.1) is 0 Å². The highest BCUT2D eigenvalue weighted by molar-refractivity contribution is 5.28. The molecule has 1 aliphatic rings. The van der Waals surface area contributed by atoms with Crippen molar-refractivity contribution in [2.24, 2.45) is 0 Å². The first kappa shape index (κ1) is 10.5. The van der Waals surface area contributed by atoms with Crippen molar-refractivity contribution in [3.8, 4) is 0 Å². The van der Waals surface area contributed by atoms with Gasteiger partial charge in [0.05, 0.1) is 5.69 Å². The third kappa shape index (κ3) is 2.31. The molecule has 0 bridgehead atoms.